The molecule has 1 aliphatic heterocycles. The van der Waals surface area contributed by atoms with Crippen molar-refractivity contribution in [3.05, 3.63) is 59.2 Å². The predicted molar refractivity (Wildman–Crippen MR) is 112 cm³/mol. The minimum atomic E-state index is -3.93. The van der Waals surface area contributed by atoms with Gasteiger partial charge >= 0.3 is 0 Å². The summed E-state index contributed by atoms with van der Waals surface area (Å²) in [5.41, 5.74) is 0.946. The molecule has 3 aromatic rings. The number of anilines is 1. The van der Waals surface area contributed by atoms with Crippen molar-refractivity contribution in [1.29, 1.82) is 0 Å². The zero-order valence-corrected chi connectivity index (χ0v) is 18.2. The van der Waals surface area contributed by atoms with E-state index >= 15 is 0 Å². The number of hydrogen-bond donors (Lipinski definition) is 2. The molecule has 1 saturated heterocycles. The number of nitrogens with zero attached hydrogens (tertiary/aromatic N) is 3. The Balaban J connectivity index is 1.57. The number of nitrogens with one attached hydrogen (secondary N) is 2. The first-order chi connectivity index (χ1) is 14.6. The van der Waals surface area contributed by atoms with Crippen molar-refractivity contribution in [2.24, 2.45) is 7.05 Å². The zero-order chi connectivity index (χ0) is 22.3. The van der Waals surface area contributed by atoms with Crippen molar-refractivity contribution in [2.45, 2.75) is 18.5 Å². The third-order valence-electron chi connectivity index (χ3n) is 5.02. The summed E-state index contributed by atoms with van der Waals surface area (Å²) in [6, 6.07) is 4.99. The molecule has 1 aliphatic rings. The summed E-state index contributed by atoms with van der Waals surface area (Å²) in [6.45, 7) is 0. The topological polar surface area (TPSA) is 96.3 Å². The molecule has 164 valence electrons. The number of carbonyl (C=O) groups is 1. The maximum absolute atomic E-state index is 13.5. The second-order valence-corrected chi connectivity index (χ2v) is 10.0. The van der Waals surface area contributed by atoms with E-state index in [1.165, 1.54) is 24.5 Å². The Bertz CT molecular complexity index is 1240. The summed E-state index contributed by atoms with van der Waals surface area (Å²) in [7, 11) is -0.833. The molecule has 0 spiro atoms. The molecule has 1 amide bonds. The van der Waals surface area contributed by atoms with E-state index in [1.807, 2.05) is 18.3 Å². The number of thiophene rings is 1. The predicted octanol–water partition coefficient (Wildman–Crippen LogP) is 2.65. The quantitative estimate of drug-likeness (QED) is 0.617. The third kappa shape index (κ3) is 4.37. The summed E-state index contributed by atoms with van der Waals surface area (Å²) in [5.74, 6) is -2.78. The van der Waals surface area contributed by atoms with Gasteiger partial charge in [-0.25, -0.2) is 8.78 Å². The SMILES string of the molecule is CN1[C@@H](C(=O)Nc2ccc(F)c(F)c2)C[C@@H](c2ccc(-c3cnn(C)c3)s2)NS1(=O)=O. The Morgan fingerprint density at radius 2 is 2.00 bits per heavy atom. The number of likely N-dealkylation sites (N-methyl/N-ethyl adjacent to an activating group) is 1. The second-order valence-electron chi connectivity index (χ2n) is 7.17. The highest BCUT2D eigenvalue weighted by atomic mass is 32.2. The molecule has 2 aromatic heterocycles. The second kappa shape index (κ2) is 8.11. The first-order valence-corrected chi connectivity index (χ1v) is 11.5. The van der Waals surface area contributed by atoms with E-state index in [0.717, 1.165) is 31.8 Å². The van der Waals surface area contributed by atoms with E-state index < -0.39 is 39.8 Å². The molecule has 4 rings (SSSR count). The van der Waals surface area contributed by atoms with Crippen LogP contribution in [0.5, 0.6) is 0 Å². The maximum atomic E-state index is 13.5. The van der Waals surface area contributed by atoms with Gasteiger partial charge in [-0.3, -0.25) is 9.48 Å². The Labute approximate surface area is 181 Å². The number of halogens is 2. The summed E-state index contributed by atoms with van der Waals surface area (Å²) in [5, 5.41) is 6.60. The summed E-state index contributed by atoms with van der Waals surface area (Å²) in [4.78, 5) is 14.5. The number of rotatable bonds is 4. The van der Waals surface area contributed by atoms with E-state index in [2.05, 4.69) is 15.1 Å². The van der Waals surface area contributed by atoms with Crippen LogP contribution in [0.1, 0.15) is 17.3 Å². The van der Waals surface area contributed by atoms with Gasteiger partial charge in [0.05, 0.1) is 12.2 Å². The van der Waals surface area contributed by atoms with Gasteiger partial charge in [0, 0.05) is 47.4 Å². The lowest BCUT2D eigenvalue weighted by molar-refractivity contribution is -0.120. The lowest BCUT2D eigenvalue weighted by atomic mass is 10.1. The van der Waals surface area contributed by atoms with Crippen LogP contribution in [0.4, 0.5) is 14.5 Å². The molecule has 0 unspecified atom stereocenters. The van der Waals surface area contributed by atoms with Crippen molar-refractivity contribution in [1.82, 2.24) is 18.8 Å². The van der Waals surface area contributed by atoms with Gasteiger partial charge < -0.3 is 5.32 Å². The molecule has 0 bridgehead atoms. The molecule has 12 heteroatoms. The van der Waals surface area contributed by atoms with Crippen LogP contribution >= 0.6 is 11.3 Å². The lowest BCUT2D eigenvalue weighted by Crippen LogP contribution is -2.55. The lowest BCUT2D eigenvalue weighted by Gasteiger charge is -2.35. The molecular formula is C19H19F2N5O3S2. The Hall–Kier alpha value is -2.67. The number of aromatic nitrogens is 2. The molecule has 2 atom stereocenters. The van der Waals surface area contributed by atoms with Crippen molar-refractivity contribution < 1.29 is 22.0 Å². The monoisotopic (exact) mass is 467 g/mol. The highest BCUT2D eigenvalue weighted by Gasteiger charge is 2.41. The Kier molecular flexibility index (Phi) is 5.64. The molecule has 2 N–H and O–H groups in total. The minimum Gasteiger partial charge on any atom is -0.325 e. The molecule has 1 aromatic carbocycles. The highest BCUT2D eigenvalue weighted by molar-refractivity contribution is 7.87. The zero-order valence-electron chi connectivity index (χ0n) is 16.5. The summed E-state index contributed by atoms with van der Waals surface area (Å²) in [6.07, 6.45) is 3.73. The van der Waals surface area contributed by atoms with Gasteiger partial charge in [-0.2, -0.15) is 22.5 Å². The van der Waals surface area contributed by atoms with Gasteiger partial charge in [-0.15, -0.1) is 11.3 Å². The Morgan fingerprint density at radius 1 is 1.23 bits per heavy atom. The number of hydrogen-bond acceptors (Lipinski definition) is 5. The van der Waals surface area contributed by atoms with Crippen LogP contribution in [0.15, 0.2) is 42.7 Å². The fourth-order valence-corrected chi connectivity index (χ4v) is 5.73. The largest absolute Gasteiger partial charge is 0.325 e. The van der Waals surface area contributed by atoms with Gasteiger partial charge in [0.2, 0.25) is 5.91 Å². The molecule has 1 fully saturated rings. The van der Waals surface area contributed by atoms with Crippen LogP contribution in [-0.2, 0) is 22.1 Å². The standard InChI is InChI=1S/C19H19F2N5O3S2/c1-25-10-11(9-22-25)17-5-6-18(30-17)15-8-16(26(2)31(28,29)24-15)19(27)23-12-3-4-13(20)14(21)7-12/h3-7,9-10,15-16,24H,8H2,1-2H3,(H,23,27)/t15-,16+/m0/s1. The van der Waals surface area contributed by atoms with Gasteiger partial charge in [0.15, 0.2) is 11.6 Å². The third-order valence-corrected chi connectivity index (χ3v) is 7.86. The van der Waals surface area contributed by atoms with Crippen molar-refractivity contribution >= 4 is 33.1 Å². The first-order valence-electron chi connectivity index (χ1n) is 9.24. The van der Waals surface area contributed by atoms with Crippen LogP contribution in [0.3, 0.4) is 0 Å². The van der Waals surface area contributed by atoms with E-state index in [0.29, 0.717) is 0 Å². The van der Waals surface area contributed by atoms with Crippen LogP contribution < -0.4 is 10.0 Å². The fraction of sp³-hybridized carbons (Fsp3) is 0.263. The smallest absolute Gasteiger partial charge is 0.280 e. The first kappa shape index (κ1) is 21.6. The van der Waals surface area contributed by atoms with Crippen LogP contribution in [0.25, 0.3) is 10.4 Å². The van der Waals surface area contributed by atoms with Crippen LogP contribution in [0.2, 0.25) is 0 Å². The van der Waals surface area contributed by atoms with E-state index in [-0.39, 0.29) is 12.1 Å². The molecule has 0 aliphatic carbocycles. The maximum Gasteiger partial charge on any atom is 0.280 e. The molecule has 0 saturated carbocycles. The van der Waals surface area contributed by atoms with E-state index in [4.69, 9.17) is 0 Å². The average Bonchev–Trinajstić information content (AvgIpc) is 3.35. The summed E-state index contributed by atoms with van der Waals surface area (Å²) >= 11 is 1.41. The number of aryl methyl sites for hydroxylation is 1. The van der Waals surface area contributed by atoms with Gasteiger partial charge in [-0.1, -0.05) is 0 Å². The van der Waals surface area contributed by atoms with Crippen LogP contribution in [-0.4, -0.2) is 41.5 Å². The van der Waals surface area contributed by atoms with Crippen molar-refractivity contribution in [3.8, 4) is 10.4 Å². The van der Waals surface area contributed by atoms with E-state index in [9.17, 15) is 22.0 Å². The van der Waals surface area contributed by atoms with Gasteiger partial charge in [0.25, 0.3) is 10.2 Å². The van der Waals surface area contributed by atoms with Gasteiger partial charge in [-0.05, 0) is 30.7 Å². The molecule has 31 heavy (non-hydrogen) atoms. The normalized spacial score (nSPS) is 21.2. The van der Waals surface area contributed by atoms with Gasteiger partial charge in [0.1, 0.15) is 6.04 Å². The van der Waals surface area contributed by atoms with E-state index in [1.54, 1.807) is 17.9 Å². The number of amides is 1. The molecule has 8 nitrogen and oxygen atoms in total. The van der Waals surface area contributed by atoms with Crippen LogP contribution in [0, 0.1) is 11.6 Å². The average molecular weight is 468 g/mol. The molecule has 0 radical (unpaired) electrons. The van der Waals surface area contributed by atoms with Crippen molar-refractivity contribution in [3.63, 3.8) is 0 Å². The fourth-order valence-electron chi connectivity index (χ4n) is 3.34. The molecule has 3 heterocycles. The minimum absolute atomic E-state index is 0.0415. The number of benzene rings is 1. The number of carbonyl (C=O) groups excluding carboxylic acids is 1. The summed E-state index contributed by atoms with van der Waals surface area (Å²) < 4.78 is 57.0. The van der Waals surface area contributed by atoms with Crippen molar-refractivity contribution in [2.75, 3.05) is 12.4 Å². The highest BCUT2D eigenvalue weighted by Crippen LogP contribution is 2.36. The molecular weight excluding hydrogens is 448 g/mol. The Morgan fingerprint density at radius 3 is 2.68 bits per heavy atom.